The first kappa shape index (κ1) is 24.9. The molecular weight excluding hydrogens is 504 g/mol. The Kier molecular flexibility index (Phi) is 6.60. The highest BCUT2D eigenvalue weighted by Crippen LogP contribution is 2.32. The van der Waals surface area contributed by atoms with Crippen LogP contribution in [0.1, 0.15) is 54.3 Å². The third kappa shape index (κ3) is 4.90. The summed E-state index contributed by atoms with van der Waals surface area (Å²) in [5, 5.41) is 6.63. The molecule has 0 radical (unpaired) electrons. The molecule has 1 saturated heterocycles. The van der Waals surface area contributed by atoms with Gasteiger partial charge >= 0.3 is 0 Å². The minimum absolute atomic E-state index is 0.223. The van der Waals surface area contributed by atoms with Crippen molar-refractivity contribution in [2.45, 2.75) is 62.7 Å². The molecule has 3 aromatic rings. The number of pyridine rings is 1. The van der Waals surface area contributed by atoms with Crippen LogP contribution in [0.5, 0.6) is 0 Å². The van der Waals surface area contributed by atoms with E-state index >= 15 is 0 Å². The van der Waals surface area contributed by atoms with E-state index in [1.807, 2.05) is 36.7 Å². The number of nitrogens with zero attached hydrogens (tertiary/aromatic N) is 6. The lowest BCUT2D eigenvalue weighted by Gasteiger charge is -2.29. The summed E-state index contributed by atoms with van der Waals surface area (Å²) in [4.78, 5) is 34.3. The zero-order valence-electron chi connectivity index (χ0n) is 21.6. The summed E-state index contributed by atoms with van der Waals surface area (Å²) < 4.78 is 20.2. The first-order chi connectivity index (χ1) is 18.4. The van der Waals surface area contributed by atoms with Gasteiger partial charge in [-0.15, -0.1) is 0 Å². The Morgan fingerprint density at radius 1 is 1.13 bits per heavy atom. The molecule has 11 nitrogen and oxygen atoms in total. The maximum absolute atomic E-state index is 13.1. The summed E-state index contributed by atoms with van der Waals surface area (Å²) in [5.74, 6) is 2.43. The molecule has 0 aromatic carbocycles. The van der Waals surface area contributed by atoms with Gasteiger partial charge in [-0.2, -0.15) is 4.98 Å². The molecule has 200 valence electrons. The van der Waals surface area contributed by atoms with E-state index < -0.39 is 16.3 Å². The number of anilines is 2. The number of rotatable bonds is 6. The SMILES string of the molecule is CC(C)(NC(=O)c1cn2c(n1)CN(c1nc3c(c(NC4CCOCC4)n1)S(=O)CC3)CC2)c1ccncc1. The first-order valence-electron chi connectivity index (χ1n) is 13.0. The monoisotopic (exact) mass is 536 g/mol. The van der Waals surface area contributed by atoms with Crippen LogP contribution in [0.2, 0.25) is 0 Å². The summed E-state index contributed by atoms with van der Waals surface area (Å²) >= 11 is 0. The molecule has 1 unspecified atom stereocenters. The van der Waals surface area contributed by atoms with Crippen molar-refractivity contribution in [3.63, 3.8) is 0 Å². The van der Waals surface area contributed by atoms with E-state index in [-0.39, 0.29) is 11.9 Å². The second-order valence-corrected chi connectivity index (χ2v) is 12.0. The van der Waals surface area contributed by atoms with Crippen LogP contribution in [0.25, 0.3) is 0 Å². The maximum atomic E-state index is 13.1. The molecule has 1 fully saturated rings. The maximum Gasteiger partial charge on any atom is 0.272 e. The van der Waals surface area contributed by atoms with Gasteiger partial charge in [0, 0.05) is 63.1 Å². The molecule has 0 bridgehead atoms. The Labute approximate surface area is 223 Å². The molecule has 0 spiro atoms. The van der Waals surface area contributed by atoms with Crippen molar-refractivity contribution >= 4 is 28.5 Å². The number of hydrogen-bond acceptors (Lipinski definition) is 9. The van der Waals surface area contributed by atoms with Crippen molar-refractivity contribution in [1.82, 2.24) is 29.8 Å². The Hall–Kier alpha value is -3.38. The quantitative estimate of drug-likeness (QED) is 0.486. The first-order valence-corrected chi connectivity index (χ1v) is 14.4. The number of imidazole rings is 1. The van der Waals surface area contributed by atoms with E-state index in [0.717, 1.165) is 34.8 Å². The minimum atomic E-state index is -1.09. The molecule has 1 amide bonds. The highest BCUT2D eigenvalue weighted by molar-refractivity contribution is 7.85. The van der Waals surface area contributed by atoms with E-state index in [4.69, 9.17) is 14.7 Å². The van der Waals surface area contributed by atoms with Crippen molar-refractivity contribution in [3.8, 4) is 0 Å². The molecular formula is C26H32N8O3S. The average molecular weight is 537 g/mol. The third-order valence-electron chi connectivity index (χ3n) is 7.38. The molecule has 6 rings (SSSR count). The lowest BCUT2D eigenvalue weighted by atomic mass is 9.95. The van der Waals surface area contributed by atoms with Crippen LogP contribution in [-0.2, 0) is 40.6 Å². The number of amides is 1. The number of nitrogens with one attached hydrogen (secondary N) is 2. The van der Waals surface area contributed by atoms with Gasteiger partial charge in [0.25, 0.3) is 5.91 Å². The smallest absolute Gasteiger partial charge is 0.272 e. The van der Waals surface area contributed by atoms with Gasteiger partial charge in [-0.1, -0.05) is 0 Å². The molecule has 0 aliphatic carbocycles. The normalized spacial score (nSPS) is 19.6. The molecule has 3 aliphatic heterocycles. The fourth-order valence-electron chi connectivity index (χ4n) is 5.18. The van der Waals surface area contributed by atoms with Gasteiger partial charge in [0.05, 0.1) is 28.6 Å². The summed E-state index contributed by atoms with van der Waals surface area (Å²) in [7, 11) is -1.09. The van der Waals surface area contributed by atoms with Gasteiger partial charge < -0.3 is 24.8 Å². The predicted octanol–water partition coefficient (Wildman–Crippen LogP) is 2.01. The van der Waals surface area contributed by atoms with E-state index in [0.29, 0.717) is 62.5 Å². The largest absolute Gasteiger partial charge is 0.381 e. The van der Waals surface area contributed by atoms with Crippen LogP contribution in [0.4, 0.5) is 11.8 Å². The average Bonchev–Trinajstić information content (AvgIpc) is 3.53. The number of hydrogen-bond donors (Lipinski definition) is 2. The highest BCUT2D eigenvalue weighted by atomic mass is 32.2. The Bertz CT molecular complexity index is 1370. The number of carbonyl (C=O) groups is 1. The Morgan fingerprint density at radius 3 is 2.71 bits per heavy atom. The summed E-state index contributed by atoms with van der Waals surface area (Å²) in [5.41, 5.74) is 1.64. The number of ether oxygens (including phenoxy) is 1. The van der Waals surface area contributed by atoms with Crippen LogP contribution in [0, 0.1) is 0 Å². The summed E-state index contributed by atoms with van der Waals surface area (Å²) in [6, 6.07) is 4.03. The lowest BCUT2D eigenvalue weighted by molar-refractivity contribution is 0.0901. The predicted molar refractivity (Wildman–Crippen MR) is 142 cm³/mol. The summed E-state index contributed by atoms with van der Waals surface area (Å²) in [6.07, 6.45) is 7.72. The van der Waals surface area contributed by atoms with Crippen LogP contribution < -0.4 is 15.5 Å². The fourth-order valence-corrected chi connectivity index (χ4v) is 6.49. The molecule has 12 heteroatoms. The third-order valence-corrected chi connectivity index (χ3v) is 8.84. The van der Waals surface area contributed by atoms with E-state index in [1.165, 1.54) is 0 Å². The molecule has 38 heavy (non-hydrogen) atoms. The van der Waals surface area contributed by atoms with Crippen LogP contribution >= 0.6 is 0 Å². The zero-order chi connectivity index (χ0) is 26.3. The number of aryl methyl sites for hydroxylation is 1. The standard InChI is InChI=1S/C26H32N8O3S/c1-26(2,17-3-8-27-9-4-17)32-24(35)20-15-33-10-11-34(16-21(33)29-20)25-30-19-7-14-38(36)22(19)23(31-25)28-18-5-12-37-13-6-18/h3-4,8-9,15,18H,5-7,10-14,16H2,1-2H3,(H,32,35)(H,28,30,31). The van der Waals surface area contributed by atoms with Crippen molar-refractivity contribution in [3.05, 3.63) is 53.5 Å². The zero-order valence-corrected chi connectivity index (χ0v) is 22.5. The van der Waals surface area contributed by atoms with Crippen molar-refractivity contribution in [2.24, 2.45) is 0 Å². The van der Waals surface area contributed by atoms with Gasteiger partial charge in [-0.25, -0.2) is 9.97 Å². The van der Waals surface area contributed by atoms with Crippen molar-refractivity contribution < 1.29 is 13.7 Å². The second kappa shape index (κ2) is 10.1. The molecule has 2 N–H and O–H groups in total. The van der Waals surface area contributed by atoms with Gasteiger partial charge in [0.15, 0.2) is 0 Å². The number of carbonyl (C=O) groups excluding carboxylic acids is 1. The number of fused-ring (bicyclic) bond motifs is 2. The van der Waals surface area contributed by atoms with E-state index in [2.05, 4.69) is 25.5 Å². The van der Waals surface area contributed by atoms with E-state index in [1.54, 1.807) is 12.4 Å². The molecule has 3 aliphatic rings. The molecule has 1 atom stereocenters. The Balaban J connectivity index is 1.21. The molecule has 6 heterocycles. The summed E-state index contributed by atoms with van der Waals surface area (Å²) in [6.45, 7) is 7.19. The lowest BCUT2D eigenvalue weighted by Crippen LogP contribution is -2.41. The van der Waals surface area contributed by atoms with Gasteiger partial charge in [-0.05, 0) is 44.4 Å². The second-order valence-electron chi connectivity index (χ2n) is 10.5. The topological polar surface area (TPSA) is 127 Å². The van der Waals surface area contributed by atoms with Gasteiger partial charge in [0.2, 0.25) is 5.95 Å². The highest BCUT2D eigenvalue weighted by Gasteiger charge is 2.31. The van der Waals surface area contributed by atoms with Crippen LogP contribution in [-0.4, -0.2) is 66.2 Å². The fraction of sp³-hybridized carbons (Fsp3) is 0.500. The number of aromatic nitrogens is 5. The van der Waals surface area contributed by atoms with Crippen LogP contribution in [0.3, 0.4) is 0 Å². The van der Waals surface area contributed by atoms with Gasteiger partial charge in [0.1, 0.15) is 22.2 Å². The Morgan fingerprint density at radius 2 is 1.92 bits per heavy atom. The molecule has 0 saturated carbocycles. The molecule has 3 aromatic heterocycles. The van der Waals surface area contributed by atoms with Gasteiger partial charge in [-0.3, -0.25) is 14.0 Å². The van der Waals surface area contributed by atoms with Crippen LogP contribution in [0.15, 0.2) is 35.6 Å². The van der Waals surface area contributed by atoms with E-state index in [9.17, 15) is 9.00 Å². The van der Waals surface area contributed by atoms with Crippen molar-refractivity contribution in [1.29, 1.82) is 0 Å². The van der Waals surface area contributed by atoms with Crippen molar-refractivity contribution in [2.75, 3.05) is 35.7 Å². The minimum Gasteiger partial charge on any atom is -0.381 e.